The molecule has 1 aliphatic carbocycles. The predicted molar refractivity (Wildman–Crippen MR) is 79.1 cm³/mol. The van der Waals surface area contributed by atoms with Crippen LogP contribution in [0.3, 0.4) is 0 Å². The average Bonchev–Trinajstić information content (AvgIpc) is 2.43. The molecule has 4 unspecified atom stereocenters. The van der Waals surface area contributed by atoms with Crippen molar-refractivity contribution in [2.24, 2.45) is 11.8 Å². The first-order valence-corrected chi connectivity index (χ1v) is 8.13. The van der Waals surface area contributed by atoms with Crippen LogP contribution in [0.25, 0.3) is 0 Å². The van der Waals surface area contributed by atoms with Crippen LogP contribution in [0.1, 0.15) is 59.3 Å². The Morgan fingerprint density at radius 1 is 1.25 bits per heavy atom. The third kappa shape index (κ3) is 3.33. The SMILES string of the molecule is CCC1NC(=O)C(C)N(CCC2CCCC(C)C2)C1=O. The summed E-state index contributed by atoms with van der Waals surface area (Å²) in [6, 6.07) is -0.629. The molecule has 1 aliphatic heterocycles. The van der Waals surface area contributed by atoms with Crippen molar-refractivity contribution in [2.75, 3.05) is 6.54 Å². The van der Waals surface area contributed by atoms with E-state index in [1.54, 1.807) is 4.90 Å². The summed E-state index contributed by atoms with van der Waals surface area (Å²) in [5, 5.41) is 2.81. The summed E-state index contributed by atoms with van der Waals surface area (Å²) in [4.78, 5) is 26.1. The Hall–Kier alpha value is -1.06. The second-order valence-corrected chi connectivity index (χ2v) is 6.60. The number of hydrogen-bond acceptors (Lipinski definition) is 2. The molecule has 0 radical (unpaired) electrons. The first-order valence-electron chi connectivity index (χ1n) is 8.13. The van der Waals surface area contributed by atoms with Crippen molar-refractivity contribution in [3.63, 3.8) is 0 Å². The standard InChI is InChI=1S/C16H28N2O2/c1-4-14-16(20)18(12(3)15(19)17-14)9-8-13-7-5-6-11(2)10-13/h11-14H,4-10H2,1-3H3,(H,17,19). The van der Waals surface area contributed by atoms with Crippen molar-refractivity contribution in [3.8, 4) is 0 Å². The highest BCUT2D eigenvalue weighted by molar-refractivity contribution is 5.96. The van der Waals surface area contributed by atoms with Gasteiger partial charge in [-0.1, -0.05) is 33.1 Å². The maximum Gasteiger partial charge on any atom is 0.245 e. The zero-order valence-corrected chi connectivity index (χ0v) is 13.0. The second-order valence-electron chi connectivity index (χ2n) is 6.60. The average molecular weight is 280 g/mol. The number of nitrogens with one attached hydrogen (secondary N) is 1. The maximum absolute atomic E-state index is 12.4. The van der Waals surface area contributed by atoms with Gasteiger partial charge >= 0.3 is 0 Å². The van der Waals surface area contributed by atoms with Gasteiger partial charge < -0.3 is 10.2 Å². The van der Waals surface area contributed by atoms with E-state index in [0.29, 0.717) is 6.42 Å². The highest BCUT2D eigenvalue weighted by atomic mass is 16.2. The molecule has 1 saturated heterocycles. The Bertz CT molecular complexity index is 369. The lowest BCUT2D eigenvalue weighted by atomic mass is 9.80. The van der Waals surface area contributed by atoms with E-state index in [0.717, 1.165) is 24.8 Å². The molecule has 1 N–H and O–H groups in total. The molecule has 0 aromatic heterocycles. The maximum atomic E-state index is 12.4. The number of hydrogen-bond donors (Lipinski definition) is 1. The number of piperazine rings is 1. The highest BCUT2D eigenvalue weighted by Crippen LogP contribution is 2.31. The molecule has 2 amide bonds. The van der Waals surface area contributed by atoms with Gasteiger partial charge in [0.15, 0.2) is 0 Å². The van der Waals surface area contributed by atoms with Gasteiger partial charge in [0.2, 0.25) is 11.8 Å². The van der Waals surface area contributed by atoms with Gasteiger partial charge in [-0.3, -0.25) is 9.59 Å². The third-order valence-electron chi connectivity index (χ3n) is 4.98. The van der Waals surface area contributed by atoms with E-state index in [1.165, 1.54) is 25.7 Å². The fourth-order valence-corrected chi connectivity index (χ4v) is 3.61. The van der Waals surface area contributed by atoms with E-state index >= 15 is 0 Å². The Morgan fingerprint density at radius 3 is 2.65 bits per heavy atom. The lowest BCUT2D eigenvalue weighted by molar-refractivity contribution is -0.148. The second kappa shape index (κ2) is 6.59. The highest BCUT2D eigenvalue weighted by Gasteiger charge is 2.37. The van der Waals surface area contributed by atoms with E-state index in [4.69, 9.17) is 0 Å². The van der Waals surface area contributed by atoms with Gasteiger partial charge in [0.25, 0.3) is 0 Å². The van der Waals surface area contributed by atoms with Gasteiger partial charge in [-0.2, -0.15) is 0 Å². The van der Waals surface area contributed by atoms with Crippen LogP contribution in [0, 0.1) is 11.8 Å². The fraction of sp³-hybridized carbons (Fsp3) is 0.875. The smallest absolute Gasteiger partial charge is 0.245 e. The first-order chi connectivity index (χ1) is 9.52. The molecule has 1 saturated carbocycles. The molecule has 114 valence electrons. The molecule has 0 bridgehead atoms. The summed E-state index contributed by atoms with van der Waals surface area (Å²) in [5.41, 5.74) is 0. The van der Waals surface area contributed by atoms with E-state index < -0.39 is 0 Å². The van der Waals surface area contributed by atoms with Crippen molar-refractivity contribution in [2.45, 2.75) is 71.4 Å². The summed E-state index contributed by atoms with van der Waals surface area (Å²) in [6.07, 6.45) is 6.94. The van der Waals surface area contributed by atoms with Gasteiger partial charge in [0.1, 0.15) is 12.1 Å². The minimum absolute atomic E-state index is 0.00605. The molecule has 0 spiro atoms. The monoisotopic (exact) mass is 280 g/mol. The molecular weight excluding hydrogens is 252 g/mol. The van der Waals surface area contributed by atoms with E-state index in [9.17, 15) is 9.59 Å². The molecule has 20 heavy (non-hydrogen) atoms. The fourth-order valence-electron chi connectivity index (χ4n) is 3.61. The van der Waals surface area contributed by atoms with Gasteiger partial charge in [0.05, 0.1) is 0 Å². The lowest BCUT2D eigenvalue weighted by Gasteiger charge is -2.38. The van der Waals surface area contributed by atoms with Gasteiger partial charge in [0, 0.05) is 6.54 Å². The van der Waals surface area contributed by atoms with Crippen molar-refractivity contribution in [1.29, 1.82) is 0 Å². The molecular formula is C16H28N2O2. The molecule has 0 aromatic carbocycles. The minimum atomic E-state index is -0.316. The van der Waals surface area contributed by atoms with E-state index in [2.05, 4.69) is 12.2 Å². The molecule has 2 aliphatic rings. The molecule has 2 rings (SSSR count). The van der Waals surface area contributed by atoms with Crippen molar-refractivity contribution >= 4 is 11.8 Å². The predicted octanol–water partition coefficient (Wildman–Crippen LogP) is 2.33. The molecule has 4 atom stereocenters. The van der Waals surface area contributed by atoms with Crippen molar-refractivity contribution < 1.29 is 9.59 Å². The van der Waals surface area contributed by atoms with Crippen LogP contribution in [0.5, 0.6) is 0 Å². The topological polar surface area (TPSA) is 49.4 Å². The largest absolute Gasteiger partial charge is 0.343 e. The Kier molecular flexibility index (Phi) is 5.06. The molecule has 0 aromatic rings. The minimum Gasteiger partial charge on any atom is -0.343 e. The van der Waals surface area contributed by atoms with Gasteiger partial charge in [-0.25, -0.2) is 0 Å². The van der Waals surface area contributed by atoms with Crippen LogP contribution in [0.15, 0.2) is 0 Å². The summed E-state index contributed by atoms with van der Waals surface area (Å²) in [5.74, 6) is 1.63. The van der Waals surface area contributed by atoms with E-state index in [-0.39, 0.29) is 23.9 Å². The zero-order chi connectivity index (χ0) is 14.7. The summed E-state index contributed by atoms with van der Waals surface area (Å²) < 4.78 is 0. The van der Waals surface area contributed by atoms with Crippen LogP contribution in [-0.2, 0) is 9.59 Å². The number of nitrogens with zero attached hydrogens (tertiary/aromatic N) is 1. The van der Waals surface area contributed by atoms with Gasteiger partial charge in [-0.15, -0.1) is 0 Å². The van der Waals surface area contributed by atoms with Crippen LogP contribution in [0.2, 0.25) is 0 Å². The van der Waals surface area contributed by atoms with Gasteiger partial charge in [-0.05, 0) is 38.0 Å². The first kappa shape index (κ1) is 15.3. The number of carbonyl (C=O) groups excluding carboxylic acids is 2. The molecule has 2 fully saturated rings. The van der Waals surface area contributed by atoms with Crippen LogP contribution < -0.4 is 5.32 Å². The molecule has 4 nitrogen and oxygen atoms in total. The normalized spacial score (nSPS) is 35.0. The number of amides is 2. The lowest BCUT2D eigenvalue weighted by Crippen LogP contribution is -2.62. The Balaban J connectivity index is 1.92. The van der Waals surface area contributed by atoms with E-state index in [1.807, 2.05) is 13.8 Å². The number of carbonyl (C=O) groups is 2. The molecule has 4 heteroatoms. The third-order valence-corrected chi connectivity index (χ3v) is 4.98. The van der Waals surface area contributed by atoms with Crippen LogP contribution in [-0.4, -0.2) is 35.3 Å². The Morgan fingerprint density at radius 2 is 2.00 bits per heavy atom. The summed E-state index contributed by atoms with van der Waals surface area (Å²) in [7, 11) is 0. The summed E-state index contributed by atoms with van der Waals surface area (Å²) >= 11 is 0. The van der Waals surface area contributed by atoms with Crippen LogP contribution in [0.4, 0.5) is 0 Å². The van der Waals surface area contributed by atoms with Crippen molar-refractivity contribution in [3.05, 3.63) is 0 Å². The molecule has 1 heterocycles. The zero-order valence-electron chi connectivity index (χ0n) is 13.0. The number of rotatable bonds is 4. The van der Waals surface area contributed by atoms with Crippen LogP contribution >= 0.6 is 0 Å². The quantitative estimate of drug-likeness (QED) is 0.859. The van der Waals surface area contributed by atoms with Crippen molar-refractivity contribution in [1.82, 2.24) is 10.2 Å². The summed E-state index contributed by atoms with van der Waals surface area (Å²) in [6.45, 7) is 6.84. The Labute approximate surface area is 122 Å².